The molecule has 3 nitrogen and oxygen atoms in total. The third kappa shape index (κ3) is 3.34. The summed E-state index contributed by atoms with van der Waals surface area (Å²) < 4.78 is 0. The smallest absolute Gasteiger partial charge is 0.175 e. The zero-order valence-electron chi connectivity index (χ0n) is 16.9. The highest BCUT2D eigenvalue weighted by Gasteiger charge is 2.43. The summed E-state index contributed by atoms with van der Waals surface area (Å²) in [7, 11) is 0. The van der Waals surface area contributed by atoms with Gasteiger partial charge in [-0.05, 0) is 28.0 Å². The van der Waals surface area contributed by atoms with Gasteiger partial charge in [0, 0.05) is 22.7 Å². The quantitative estimate of drug-likeness (QED) is 0.450. The molecule has 0 heterocycles. The summed E-state index contributed by atoms with van der Waals surface area (Å²) in [6.45, 7) is 0. The summed E-state index contributed by atoms with van der Waals surface area (Å²) in [5, 5.41) is 2.23. The SMILES string of the molecule is N/C(=C\C(c1ccccc1)C1C(=O)c2ccccc2C1=O)c1ccc2ccccc2c1. The van der Waals surface area contributed by atoms with Gasteiger partial charge < -0.3 is 5.73 Å². The molecule has 1 aliphatic carbocycles. The average Bonchev–Trinajstić information content (AvgIpc) is 3.08. The van der Waals surface area contributed by atoms with Gasteiger partial charge in [-0.25, -0.2) is 0 Å². The van der Waals surface area contributed by atoms with Crippen molar-refractivity contribution in [1.82, 2.24) is 0 Å². The van der Waals surface area contributed by atoms with Crippen molar-refractivity contribution in [1.29, 1.82) is 0 Å². The van der Waals surface area contributed by atoms with Crippen LogP contribution in [-0.2, 0) is 0 Å². The monoisotopic (exact) mass is 403 g/mol. The molecule has 31 heavy (non-hydrogen) atoms. The lowest BCUT2D eigenvalue weighted by Crippen LogP contribution is -2.23. The maximum absolute atomic E-state index is 13.2. The van der Waals surface area contributed by atoms with E-state index in [4.69, 9.17) is 5.73 Å². The van der Waals surface area contributed by atoms with Gasteiger partial charge >= 0.3 is 0 Å². The second kappa shape index (κ2) is 7.69. The molecule has 1 atom stereocenters. The van der Waals surface area contributed by atoms with E-state index in [1.54, 1.807) is 24.3 Å². The average molecular weight is 403 g/mol. The summed E-state index contributed by atoms with van der Waals surface area (Å²) in [5.41, 5.74) is 9.84. The van der Waals surface area contributed by atoms with Crippen LogP contribution in [0, 0.1) is 5.92 Å². The standard InChI is InChI=1S/C28H21NO2/c29-25(21-15-14-18-8-4-5-11-20(18)16-21)17-24(19-9-2-1-3-10-19)26-27(30)22-12-6-7-13-23(22)28(26)31/h1-17,24,26H,29H2/b25-17-. The van der Waals surface area contributed by atoms with Crippen LogP contribution in [-0.4, -0.2) is 11.6 Å². The summed E-state index contributed by atoms with van der Waals surface area (Å²) in [5.74, 6) is -1.53. The Hall–Kier alpha value is -3.98. The van der Waals surface area contributed by atoms with E-state index in [2.05, 4.69) is 6.07 Å². The van der Waals surface area contributed by atoms with Crippen molar-refractivity contribution < 1.29 is 9.59 Å². The van der Waals surface area contributed by atoms with E-state index in [0.717, 1.165) is 21.9 Å². The molecule has 1 aliphatic rings. The Morgan fingerprint density at radius 3 is 1.97 bits per heavy atom. The normalized spacial score (nSPS) is 15.3. The molecule has 0 saturated heterocycles. The molecule has 0 saturated carbocycles. The third-order valence-electron chi connectivity index (χ3n) is 6.01. The van der Waals surface area contributed by atoms with Gasteiger partial charge in [0.25, 0.3) is 0 Å². The molecule has 2 N–H and O–H groups in total. The molecule has 0 spiro atoms. The molecule has 0 aliphatic heterocycles. The van der Waals surface area contributed by atoms with E-state index in [0.29, 0.717) is 16.8 Å². The molecular weight excluding hydrogens is 382 g/mol. The van der Waals surface area contributed by atoms with E-state index in [9.17, 15) is 9.59 Å². The molecular formula is C28H21NO2. The Balaban J connectivity index is 1.60. The highest BCUT2D eigenvalue weighted by molar-refractivity contribution is 6.27. The molecule has 0 aromatic heterocycles. The number of rotatable bonds is 4. The Morgan fingerprint density at radius 1 is 0.710 bits per heavy atom. The largest absolute Gasteiger partial charge is 0.398 e. The van der Waals surface area contributed by atoms with E-state index in [1.165, 1.54) is 0 Å². The summed E-state index contributed by atoms with van der Waals surface area (Å²) in [4.78, 5) is 26.4. The van der Waals surface area contributed by atoms with Crippen LogP contribution >= 0.6 is 0 Å². The predicted molar refractivity (Wildman–Crippen MR) is 124 cm³/mol. The van der Waals surface area contributed by atoms with Crippen molar-refractivity contribution in [3.05, 3.63) is 125 Å². The van der Waals surface area contributed by atoms with Gasteiger partial charge in [0.15, 0.2) is 11.6 Å². The highest BCUT2D eigenvalue weighted by Crippen LogP contribution is 2.38. The zero-order valence-corrected chi connectivity index (χ0v) is 16.9. The van der Waals surface area contributed by atoms with Gasteiger partial charge in [-0.2, -0.15) is 0 Å². The van der Waals surface area contributed by atoms with Crippen LogP contribution in [0.15, 0.2) is 103 Å². The molecule has 0 fully saturated rings. The van der Waals surface area contributed by atoms with E-state index >= 15 is 0 Å². The lowest BCUT2D eigenvalue weighted by Gasteiger charge is -2.20. The second-order valence-electron chi connectivity index (χ2n) is 7.87. The van der Waals surface area contributed by atoms with Gasteiger partial charge in [-0.3, -0.25) is 9.59 Å². The topological polar surface area (TPSA) is 60.2 Å². The van der Waals surface area contributed by atoms with Crippen LogP contribution in [0.4, 0.5) is 0 Å². The van der Waals surface area contributed by atoms with Gasteiger partial charge in [0.1, 0.15) is 0 Å². The van der Waals surface area contributed by atoms with Crippen LogP contribution in [0.3, 0.4) is 0 Å². The van der Waals surface area contributed by atoms with Crippen LogP contribution in [0.25, 0.3) is 16.5 Å². The fourth-order valence-corrected chi connectivity index (χ4v) is 4.41. The van der Waals surface area contributed by atoms with Crippen molar-refractivity contribution in [3.8, 4) is 0 Å². The predicted octanol–water partition coefficient (Wildman–Crippen LogP) is 5.62. The fourth-order valence-electron chi connectivity index (χ4n) is 4.41. The number of nitrogens with two attached hydrogens (primary N) is 1. The summed E-state index contributed by atoms with van der Waals surface area (Å²) in [6, 6.07) is 30.8. The first kappa shape index (κ1) is 19.0. The number of fused-ring (bicyclic) bond motifs is 2. The highest BCUT2D eigenvalue weighted by atomic mass is 16.2. The van der Waals surface area contributed by atoms with Crippen molar-refractivity contribution >= 4 is 28.0 Å². The Kier molecular flexibility index (Phi) is 4.72. The van der Waals surface area contributed by atoms with Crippen LogP contribution in [0.1, 0.15) is 37.8 Å². The minimum Gasteiger partial charge on any atom is -0.398 e. The molecule has 150 valence electrons. The minimum absolute atomic E-state index is 0.142. The van der Waals surface area contributed by atoms with E-state index < -0.39 is 11.8 Å². The van der Waals surface area contributed by atoms with E-state index in [-0.39, 0.29) is 11.6 Å². The fraction of sp³-hybridized carbons (Fsp3) is 0.0714. The lowest BCUT2D eigenvalue weighted by molar-refractivity contribution is 0.0827. The molecule has 3 heteroatoms. The Labute approximate surface area is 180 Å². The molecule has 1 unspecified atom stereocenters. The first-order valence-electron chi connectivity index (χ1n) is 10.3. The molecule has 0 radical (unpaired) electrons. The summed E-state index contributed by atoms with van der Waals surface area (Å²) in [6.07, 6.45) is 1.87. The van der Waals surface area contributed by atoms with Gasteiger partial charge in [0.05, 0.1) is 5.92 Å². The Morgan fingerprint density at radius 2 is 1.29 bits per heavy atom. The number of ketones is 2. The maximum Gasteiger partial charge on any atom is 0.175 e. The van der Waals surface area contributed by atoms with Crippen molar-refractivity contribution in [3.63, 3.8) is 0 Å². The number of carbonyl (C=O) groups excluding carboxylic acids is 2. The third-order valence-corrected chi connectivity index (χ3v) is 6.01. The van der Waals surface area contributed by atoms with Crippen LogP contribution in [0.5, 0.6) is 0 Å². The molecule has 0 amide bonds. The molecule has 4 aromatic rings. The number of hydrogen-bond acceptors (Lipinski definition) is 3. The van der Waals surface area contributed by atoms with E-state index in [1.807, 2.05) is 72.8 Å². The number of benzene rings is 4. The number of hydrogen-bond donors (Lipinski definition) is 1. The van der Waals surface area contributed by atoms with Gasteiger partial charge in [-0.15, -0.1) is 0 Å². The van der Waals surface area contributed by atoms with Crippen LogP contribution in [0.2, 0.25) is 0 Å². The number of carbonyl (C=O) groups is 2. The maximum atomic E-state index is 13.2. The van der Waals surface area contributed by atoms with Crippen molar-refractivity contribution in [2.24, 2.45) is 11.7 Å². The van der Waals surface area contributed by atoms with Crippen molar-refractivity contribution in [2.45, 2.75) is 5.92 Å². The Bertz CT molecular complexity index is 1300. The minimum atomic E-state index is -0.807. The lowest BCUT2D eigenvalue weighted by atomic mass is 9.81. The van der Waals surface area contributed by atoms with Gasteiger partial charge in [0.2, 0.25) is 0 Å². The van der Waals surface area contributed by atoms with Gasteiger partial charge in [-0.1, -0.05) is 97.1 Å². The zero-order chi connectivity index (χ0) is 21.4. The number of allylic oxidation sites excluding steroid dienone is 1. The first-order chi connectivity index (χ1) is 15.1. The molecule has 0 bridgehead atoms. The van der Waals surface area contributed by atoms with Crippen LogP contribution < -0.4 is 5.73 Å². The summed E-state index contributed by atoms with van der Waals surface area (Å²) >= 11 is 0. The molecule has 4 aromatic carbocycles. The second-order valence-corrected chi connectivity index (χ2v) is 7.87. The number of Topliss-reactive ketones (excluding diaryl/α,β-unsaturated/α-hetero) is 2. The molecule has 5 rings (SSSR count). The van der Waals surface area contributed by atoms with Crippen molar-refractivity contribution in [2.75, 3.05) is 0 Å². The first-order valence-corrected chi connectivity index (χ1v) is 10.3.